The third-order valence-electron chi connectivity index (χ3n) is 2.74. The van der Waals surface area contributed by atoms with Crippen LogP contribution < -0.4 is 11.1 Å². The fourth-order valence-corrected chi connectivity index (χ4v) is 1.75. The average molecular weight is 243 g/mol. The smallest absolute Gasteiger partial charge is 0.243 e. The molecule has 0 radical (unpaired) electrons. The number of anilines is 2. The molecule has 3 heterocycles. The Bertz CT molecular complexity index is 682. The first-order valence-corrected chi connectivity index (χ1v) is 5.58. The van der Waals surface area contributed by atoms with E-state index in [1.165, 1.54) is 0 Å². The van der Waals surface area contributed by atoms with Crippen molar-refractivity contribution < 1.29 is 0 Å². The standard InChI is InChI=1S/C11H13N7/c1-7-3-2-4-9-15-11(17-18(7)9)13-5-8-6-14-16-10(8)12/h2-4,6H,5H2,1H3,(H,13,17)(H3,12,14,16). The van der Waals surface area contributed by atoms with Crippen molar-refractivity contribution >= 4 is 17.4 Å². The first-order chi connectivity index (χ1) is 8.74. The van der Waals surface area contributed by atoms with Crippen molar-refractivity contribution in [2.24, 2.45) is 0 Å². The van der Waals surface area contributed by atoms with Gasteiger partial charge in [-0.1, -0.05) is 6.07 Å². The molecule has 0 amide bonds. The van der Waals surface area contributed by atoms with Gasteiger partial charge in [-0.15, -0.1) is 5.10 Å². The van der Waals surface area contributed by atoms with Crippen LogP contribution in [0.3, 0.4) is 0 Å². The Kier molecular flexibility index (Phi) is 2.36. The van der Waals surface area contributed by atoms with Gasteiger partial charge in [0, 0.05) is 17.8 Å². The lowest BCUT2D eigenvalue weighted by atomic mass is 10.3. The van der Waals surface area contributed by atoms with Crippen molar-refractivity contribution in [1.82, 2.24) is 24.8 Å². The molecule has 18 heavy (non-hydrogen) atoms. The summed E-state index contributed by atoms with van der Waals surface area (Å²) in [6, 6.07) is 5.86. The maximum absolute atomic E-state index is 5.70. The number of hydrogen-bond donors (Lipinski definition) is 3. The van der Waals surface area contributed by atoms with Crippen molar-refractivity contribution in [3.63, 3.8) is 0 Å². The zero-order chi connectivity index (χ0) is 12.5. The highest BCUT2D eigenvalue weighted by Gasteiger charge is 2.06. The molecule has 0 saturated carbocycles. The summed E-state index contributed by atoms with van der Waals surface area (Å²) in [6.07, 6.45) is 1.68. The maximum Gasteiger partial charge on any atom is 0.243 e. The average Bonchev–Trinajstić information content (AvgIpc) is 2.93. The third kappa shape index (κ3) is 1.75. The number of aryl methyl sites for hydroxylation is 1. The minimum Gasteiger partial charge on any atom is -0.384 e. The normalized spacial score (nSPS) is 10.9. The Morgan fingerprint density at radius 3 is 3.06 bits per heavy atom. The second-order valence-electron chi connectivity index (χ2n) is 4.04. The summed E-state index contributed by atoms with van der Waals surface area (Å²) in [6.45, 7) is 2.53. The lowest BCUT2D eigenvalue weighted by Crippen LogP contribution is -2.03. The van der Waals surface area contributed by atoms with Crippen LogP contribution in [0.4, 0.5) is 11.8 Å². The van der Waals surface area contributed by atoms with Gasteiger partial charge in [-0.05, 0) is 19.1 Å². The number of nitrogens with one attached hydrogen (secondary N) is 2. The minimum absolute atomic E-state index is 0.540. The molecule has 0 aromatic carbocycles. The van der Waals surface area contributed by atoms with Crippen molar-refractivity contribution in [2.75, 3.05) is 11.1 Å². The number of fused-ring (bicyclic) bond motifs is 1. The van der Waals surface area contributed by atoms with Gasteiger partial charge in [-0.25, -0.2) is 4.52 Å². The van der Waals surface area contributed by atoms with Crippen LogP contribution in [0.25, 0.3) is 5.65 Å². The van der Waals surface area contributed by atoms with Crippen LogP contribution >= 0.6 is 0 Å². The van der Waals surface area contributed by atoms with E-state index in [9.17, 15) is 0 Å². The van der Waals surface area contributed by atoms with E-state index in [0.717, 1.165) is 16.9 Å². The monoisotopic (exact) mass is 243 g/mol. The van der Waals surface area contributed by atoms with E-state index in [-0.39, 0.29) is 0 Å². The van der Waals surface area contributed by atoms with E-state index in [0.29, 0.717) is 18.3 Å². The van der Waals surface area contributed by atoms with Crippen molar-refractivity contribution in [2.45, 2.75) is 13.5 Å². The third-order valence-corrected chi connectivity index (χ3v) is 2.74. The molecule has 0 atom stereocenters. The Hall–Kier alpha value is -2.57. The fraction of sp³-hybridized carbons (Fsp3) is 0.182. The summed E-state index contributed by atoms with van der Waals surface area (Å²) >= 11 is 0. The van der Waals surface area contributed by atoms with E-state index in [4.69, 9.17) is 5.73 Å². The minimum atomic E-state index is 0.540. The second-order valence-corrected chi connectivity index (χ2v) is 4.04. The summed E-state index contributed by atoms with van der Waals surface area (Å²) in [5.74, 6) is 1.13. The molecule has 3 aromatic heterocycles. The summed E-state index contributed by atoms with van der Waals surface area (Å²) in [5.41, 5.74) is 8.45. The molecule has 0 fully saturated rings. The molecule has 0 spiro atoms. The molecule has 3 aromatic rings. The summed E-state index contributed by atoms with van der Waals surface area (Å²) in [5, 5.41) is 14.0. The molecular formula is C11H13N7. The van der Waals surface area contributed by atoms with Gasteiger partial charge in [-0.3, -0.25) is 5.10 Å². The number of aromatic amines is 1. The van der Waals surface area contributed by atoms with Crippen LogP contribution in [0.2, 0.25) is 0 Å². The first kappa shape index (κ1) is 10.6. The maximum atomic E-state index is 5.70. The first-order valence-electron chi connectivity index (χ1n) is 5.58. The van der Waals surface area contributed by atoms with Crippen LogP contribution in [0.15, 0.2) is 24.4 Å². The van der Waals surface area contributed by atoms with Gasteiger partial charge < -0.3 is 11.1 Å². The topological polar surface area (TPSA) is 96.9 Å². The molecule has 0 aliphatic carbocycles. The van der Waals surface area contributed by atoms with Crippen molar-refractivity contribution in [1.29, 1.82) is 0 Å². The van der Waals surface area contributed by atoms with Gasteiger partial charge >= 0.3 is 0 Å². The van der Waals surface area contributed by atoms with Crippen molar-refractivity contribution in [3.8, 4) is 0 Å². The van der Waals surface area contributed by atoms with E-state index >= 15 is 0 Å². The van der Waals surface area contributed by atoms with Gasteiger partial charge in [-0.2, -0.15) is 10.1 Å². The summed E-state index contributed by atoms with van der Waals surface area (Å²) < 4.78 is 1.79. The van der Waals surface area contributed by atoms with Gasteiger partial charge in [0.05, 0.1) is 6.20 Å². The van der Waals surface area contributed by atoms with Crippen LogP contribution in [0.1, 0.15) is 11.3 Å². The fourth-order valence-electron chi connectivity index (χ4n) is 1.75. The number of pyridine rings is 1. The van der Waals surface area contributed by atoms with E-state index in [1.54, 1.807) is 10.7 Å². The zero-order valence-electron chi connectivity index (χ0n) is 9.88. The Morgan fingerprint density at radius 2 is 2.33 bits per heavy atom. The van der Waals surface area contributed by atoms with E-state index in [1.807, 2.05) is 25.1 Å². The number of hydrogen-bond acceptors (Lipinski definition) is 5. The van der Waals surface area contributed by atoms with Crippen LogP contribution in [0.5, 0.6) is 0 Å². The number of nitrogens with two attached hydrogens (primary N) is 1. The van der Waals surface area contributed by atoms with Gasteiger partial charge in [0.2, 0.25) is 5.95 Å². The van der Waals surface area contributed by atoms with Crippen molar-refractivity contribution in [3.05, 3.63) is 35.7 Å². The molecule has 0 bridgehead atoms. The molecular weight excluding hydrogens is 230 g/mol. The Morgan fingerprint density at radius 1 is 1.44 bits per heavy atom. The SMILES string of the molecule is Cc1cccc2nc(NCc3cn[nH]c3N)nn12. The van der Waals surface area contributed by atoms with Crippen LogP contribution in [0, 0.1) is 6.92 Å². The number of nitrogen functional groups attached to an aromatic ring is 1. The van der Waals surface area contributed by atoms with E-state index < -0.39 is 0 Å². The Labute approximate surface area is 103 Å². The van der Waals surface area contributed by atoms with E-state index in [2.05, 4.69) is 25.6 Å². The summed E-state index contributed by atoms with van der Waals surface area (Å²) in [7, 11) is 0. The lowest BCUT2D eigenvalue weighted by Gasteiger charge is -1.99. The second kappa shape index (κ2) is 4.02. The van der Waals surface area contributed by atoms with Gasteiger partial charge in [0.1, 0.15) is 5.82 Å². The predicted molar refractivity (Wildman–Crippen MR) is 68.1 cm³/mol. The zero-order valence-corrected chi connectivity index (χ0v) is 9.88. The lowest BCUT2D eigenvalue weighted by molar-refractivity contribution is 0.909. The Balaban J connectivity index is 1.83. The molecule has 7 heteroatoms. The highest BCUT2D eigenvalue weighted by molar-refractivity contribution is 5.45. The van der Waals surface area contributed by atoms with Gasteiger partial charge in [0.25, 0.3) is 0 Å². The number of aromatic nitrogens is 5. The van der Waals surface area contributed by atoms with Gasteiger partial charge in [0.15, 0.2) is 5.65 Å². The molecule has 92 valence electrons. The molecule has 3 rings (SSSR count). The van der Waals surface area contributed by atoms with Crippen LogP contribution in [-0.4, -0.2) is 24.8 Å². The molecule has 0 aliphatic heterocycles. The summed E-state index contributed by atoms with van der Waals surface area (Å²) in [4.78, 5) is 4.37. The largest absolute Gasteiger partial charge is 0.384 e. The predicted octanol–water partition coefficient (Wildman–Crippen LogP) is 0.955. The number of H-pyrrole nitrogens is 1. The quantitative estimate of drug-likeness (QED) is 0.636. The van der Waals surface area contributed by atoms with Crippen LogP contribution in [-0.2, 0) is 6.54 Å². The molecule has 0 aliphatic rings. The number of nitrogens with zero attached hydrogens (tertiary/aromatic N) is 4. The number of rotatable bonds is 3. The highest BCUT2D eigenvalue weighted by atomic mass is 15.3. The molecule has 0 saturated heterocycles. The highest BCUT2D eigenvalue weighted by Crippen LogP contribution is 2.11. The molecule has 7 nitrogen and oxygen atoms in total. The molecule has 4 N–H and O–H groups in total. The molecule has 0 unspecified atom stereocenters.